The van der Waals surface area contributed by atoms with Crippen molar-refractivity contribution in [3.8, 4) is 0 Å². The normalized spacial score (nSPS) is 12.8. The second kappa shape index (κ2) is 3.36. The maximum Gasteiger partial charge on any atom is 0.219 e. The molecule has 0 aliphatic rings. The molecule has 0 saturated heterocycles. The molecular formula is C7H12N4O. The minimum atomic E-state index is -0.399. The van der Waals surface area contributed by atoms with Gasteiger partial charge in [0.2, 0.25) is 5.91 Å². The monoisotopic (exact) mass is 168 g/mol. The zero-order chi connectivity index (χ0) is 9.14. The molecule has 1 aromatic heterocycles. The molecule has 0 aliphatic heterocycles. The van der Waals surface area contributed by atoms with Gasteiger partial charge in [0, 0.05) is 19.7 Å². The highest BCUT2D eigenvalue weighted by Crippen LogP contribution is 2.10. The molecule has 1 unspecified atom stereocenters. The van der Waals surface area contributed by atoms with Gasteiger partial charge in [-0.2, -0.15) is 0 Å². The van der Waals surface area contributed by atoms with Crippen molar-refractivity contribution in [3.63, 3.8) is 0 Å². The molecule has 0 fully saturated rings. The molecule has 66 valence electrons. The van der Waals surface area contributed by atoms with Crippen molar-refractivity contribution < 1.29 is 4.79 Å². The van der Waals surface area contributed by atoms with Crippen LogP contribution in [0.4, 0.5) is 0 Å². The second-order valence-corrected chi connectivity index (χ2v) is 2.71. The number of carbonyl (C=O) groups is 1. The van der Waals surface area contributed by atoms with Crippen LogP contribution in [0.3, 0.4) is 0 Å². The number of aromatic nitrogens is 2. The van der Waals surface area contributed by atoms with Gasteiger partial charge >= 0.3 is 0 Å². The molecule has 0 spiro atoms. The van der Waals surface area contributed by atoms with E-state index in [4.69, 9.17) is 11.5 Å². The molecule has 4 N–H and O–H groups in total. The van der Waals surface area contributed by atoms with Gasteiger partial charge < -0.3 is 16.0 Å². The molecule has 12 heavy (non-hydrogen) atoms. The van der Waals surface area contributed by atoms with E-state index in [1.165, 1.54) is 0 Å². The van der Waals surface area contributed by atoms with Gasteiger partial charge in [-0.3, -0.25) is 4.79 Å². The third-order valence-electron chi connectivity index (χ3n) is 1.65. The lowest BCUT2D eigenvalue weighted by Crippen LogP contribution is -2.22. The first-order valence-electron chi connectivity index (χ1n) is 3.61. The fourth-order valence-corrected chi connectivity index (χ4v) is 1.05. The fourth-order valence-electron chi connectivity index (χ4n) is 1.05. The van der Waals surface area contributed by atoms with E-state index in [0.717, 1.165) is 5.69 Å². The summed E-state index contributed by atoms with van der Waals surface area (Å²) in [6.07, 6.45) is 3.42. The van der Waals surface area contributed by atoms with Crippen LogP contribution in [-0.4, -0.2) is 15.5 Å². The van der Waals surface area contributed by atoms with Crippen LogP contribution in [0.5, 0.6) is 0 Å². The van der Waals surface area contributed by atoms with Crippen LogP contribution in [-0.2, 0) is 11.8 Å². The lowest BCUT2D eigenvalue weighted by Gasteiger charge is -2.08. The second-order valence-electron chi connectivity index (χ2n) is 2.71. The van der Waals surface area contributed by atoms with Crippen LogP contribution in [0.2, 0.25) is 0 Å². The zero-order valence-electron chi connectivity index (χ0n) is 6.90. The molecule has 0 aromatic carbocycles. The minimum Gasteiger partial charge on any atom is -0.370 e. The van der Waals surface area contributed by atoms with Crippen LogP contribution < -0.4 is 11.5 Å². The number of amides is 1. The van der Waals surface area contributed by atoms with Crippen molar-refractivity contribution in [2.75, 3.05) is 0 Å². The Labute approximate surface area is 70.4 Å². The Morgan fingerprint density at radius 2 is 2.50 bits per heavy atom. The molecule has 1 heterocycles. The standard InChI is InChI=1S/C7H12N4O/c1-11-4-10-3-6(11)5(8)2-7(9)12/h3-5H,2,8H2,1H3,(H2,9,12). The van der Waals surface area contributed by atoms with Crippen LogP contribution in [0.1, 0.15) is 18.2 Å². The van der Waals surface area contributed by atoms with Crippen LogP contribution >= 0.6 is 0 Å². The summed E-state index contributed by atoms with van der Waals surface area (Å²) in [5.74, 6) is -0.399. The van der Waals surface area contributed by atoms with Crippen molar-refractivity contribution in [3.05, 3.63) is 18.2 Å². The van der Waals surface area contributed by atoms with Crippen molar-refractivity contribution in [1.29, 1.82) is 0 Å². The number of aryl methyl sites for hydroxylation is 1. The van der Waals surface area contributed by atoms with Crippen LogP contribution in [0.25, 0.3) is 0 Å². The molecule has 5 heteroatoms. The van der Waals surface area contributed by atoms with E-state index in [0.29, 0.717) is 0 Å². The molecule has 0 aliphatic carbocycles. The van der Waals surface area contributed by atoms with Crippen LogP contribution in [0.15, 0.2) is 12.5 Å². The zero-order valence-corrected chi connectivity index (χ0v) is 6.90. The molecule has 0 bridgehead atoms. The summed E-state index contributed by atoms with van der Waals surface area (Å²) in [5.41, 5.74) is 11.5. The van der Waals surface area contributed by atoms with Gasteiger partial charge in [-0.15, -0.1) is 0 Å². The maximum atomic E-state index is 10.5. The molecule has 0 saturated carbocycles. The van der Waals surface area contributed by atoms with Gasteiger partial charge in [-0.25, -0.2) is 4.98 Å². The predicted octanol–water partition coefficient (Wildman–Crippen LogP) is -0.705. The van der Waals surface area contributed by atoms with Gasteiger partial charge in [0.05, 0.1) is 18.1 Å². The number of carbonyl (C=O) groups excluding carboxylic acids is 1. The number of nitrogens with two attached hydrogens (primary N) is 2. The highest BCUT2D eigenvalue weighted by molar-refractivity contribution is 5.74. The third kappa shape index (κ3) is 1.82. The Balaban J connectivity index is 2.71. The van der Waals surface area contributed by atoms with Crippen molar-refractivity contribution in [1.82, 2.24) is 9.55 Å². The van der Waals surface area contributed by atoms with E-state index < -0.39 is 5.91 Å². The summed E-state index contributed by atoms with van der Waals surface area (Å²) in [6, 6.07) is -0.352. The fraction of sp³-hybridized carbons (Fsp3) is 0.429. The Kier molecular flexibility index (Phi) is 2.44. The number of hydrogen-bond acceptors (Lipinski definition) is 3. The highest BCUT2D eigenvalue weighted by Gasteiger charge is 2.11. The predicted molar refractivity (Wildman–Crippen MR) is 43.9 cm³/mol. The van der Waals surface area contributed by atoms with Gasteiger partial charge in [0.25, 0.3) is 0 Å². The third-order valence-corrected chi connectivity index (χ3v) is 1.65. The number of imidazole rings is 1. The van der Waals surface area contributed by atoms with E-state index in [1.54, 1.807) is 17.1 Å². The topological polar surface area (TPSA) is 86.9 Å². The van der Waals surface area contributed by atoms with Gasteiger partial charge in [-0.1, -0.05) is 0 Å². The minimum absolute atomic E-state index is 0.152. The van der Waals surface area contributed by atoms with Crippen molar-refractivity contribution >= 4 is 5.91 Å². The average Bonchev–Trinajstić information content (AvgIpc) is 2.33. The number of nitrogens with zero attached hydrogens (tertiary/aromatic N) is 2. The SMILES string of the molecule is Cn1cncc1C(N)CC(N)=O. The Hall–Kier alpha value is -1.36. The Bertz CT molecular complexity index is 281. The highest BCUT2D eigenvalue weighted by atomic mass is 16.1. The molecular weight excluding hydrogens is 156 g/mol. The summed E-state index contributed by atoms with van der Waals surface area (Å²) in [4.78, 5) is 14.4. The Morgan fingerprint density at radius 3 is 2.92 bits per heavy atom. The number of primary amides is 1. The molecule has 1 amide bonds. The van der Waals surface area contributed by atoms with E-state index >= 15 is 0 Å². The number of hydrogen-bond donors (Lipinski definition) is 2. The first-order valence-corrected chi connectivity index (χ1v) is 3.61. The molecule has 5 nitrogen and oxygen atoms in total. The van der Waals surface area contributed by atoms with E-state index in [2.05, 4.69) is 4.98 Å². The summed E-state index contributed by atoms with van der Waals surface area (Å²) in [7, 11) is 1.82. The summed E-state index contributed by atoms with van der Waals surface area (Å²) >= 11 is 0. The summed E-state index contributed by atoms with van der Waals surface area (Å²) < 4.78 is 1.77. The maximum absolute atomic E-state index is 10.5. The molecule has 1 rings (SSSR count). The lowest BCUT2D eigenvalue weighted by atomic mass is 10.1. The van der Waals surface area contributed by atoms with E-state index in [1.807, 2.05) is 7.05 Å². The first kappa shape index (κ1) is 8.73. The molecule has 1 aromatic rings. The lowest BCUT2D eigenvalue weighted by molar-refractivity contribution is -0.118. The largest absolute Gasteiger partial charge is 0.370 e. The first-order chi connectivity index (χ1) is 5.61. The van der Waals surface area contributed by atoms with Gasteiger partial charge in [0.15, 0.2) is 0 Å². The summed E-state index contributed by atoms with van der Waals surface area (Å²) in [5, 5.41) is 0. The van der Waals surface area contributed by atoms with E-state index in [9.17, 15) is 4.79 Å². The van der Waals surface area contributed by atoms with E-state index in [-0.39, 0.29) is 12.5 Å². The van der Waals surface area contributed by atoms with Crippen LogP contribution in [0, 0.1) is 0 Å². The Morgan fingerprint density at radius 1 is 1.83 bits per heavy atom. The smallest absolute Gasteiger partial charge is 0.219 e. The van der Waals surface area contributed by atoms with Crippen molar-refractivity contribution in [2.24, 2.45) is 18.5 Å². The average molecular weight is 168 g/mol. The van der Waals surface area contributed by atoms with Gasteiger partial charge in [-0.05, 0) is 0 Å². The quantitative estimate of drug-likeness (QED) is 0.625. The van der Waals surface area contributed by atoms with Gasteiger partial charge in [0.1, 0.15) is 0 Å². The summed E-state index contributed by atoms with van der Waals surface area (Å²) in [6.45, 7) is 0. The molecule has 1 atom stereocenters. The van der Waals surface area contributed by atoms with Crippen molar-refractivity contribution in [2.45, 2.75) is 12.5 Å². The molecule has 0 radical (unpaired) electrons. The number of rotatable bonds is 3.